The number of nitrogens with one attached hydrogen (secondary N) is 1. The van der Waals surface area contributed by atoms with Gasteiger partial charge in [0.05, 0.1) is 6.61 Å². The molecule has 0 unspecified atom stereocenters. The van der Waals surface area contributed by atoms with Crippen molar-refractivity contribution in [2.24, 2.45) is 0 Å². The largest absolute Gasteiger partial charge is 0.462 e. The summed E-state index contributed by atoms with van der Waals surface area (Å²) in [5.74, 6) is -0.356. The van der Waals surface area contributed by atoms with Crippen molar-refractivity contribution in [2.75, 3.05) is 6.61 Å². The highest BCUT2D eigenvalue weighted by molar-refractivity contribution is 5.86. The molecule has 1 aromatic rings. The van der Waals surface area contributed by atoms with E-state index in [0.717, 1.165) is 25.7 Å². The average Bonchev–Trinajstić information content (AvgIpc) is 2.39. The number of carbonyl (C=O) groups is 1. The van der Waals surface area contributed by atoms with E-state index in [4.69, 9.17) is 4.74 Å². The number of aryl methyl sites for hydroxylation is 1. The first-order valence-electron chi connectivity index (χ1n) is 7.05. The Kier molecular flexibility index (Phi) is 6.65. The third-order valence-electron chi connectivity index (χ3n) is 3.10. The lowest BCUT2D eigenvalue weighted by atomic mass is 10.2. The predicted octanol–water partition coefficient (Wildman–Crippen LogP) is 1.52. The van der Waals surface area contributed by atoms with Gasteiger partial charge in [-0.1, -0.05) is 13.0 Å². The maximum atomic E-state index is 11.6. The molecule has 0 saturated heterocycles. The quantitative estimate of drug-likeness (QED) is 0.448. The summed E-state index contributed by atoms with van der Waals surface area (Å²) >= 11 is 0. The molecule has 0 bridgehead atoms. The van der Waals surface area contributed by atoms with Crippen molar-refractivity contribution in [3.8, 4) is 0 Å². The molecule has 0 aliphatic carbocycles. The van der Waals surface area contributed by atoms with Gasteiger partial charge in [0.25, 0.3) is 5.56 Å². The Morgan fingerprint density at radius 1 is 1.29 bits per heavy atom. The Bertz CT molecular complexity index is 613. The third kappa shape index (κ3) is 5.81. The van der Waals surface area contributed by atoms with E-state index < -0.39 is 0 Å². The van der Waals surface area contributed by atoms with Crippen molar-refractivity contribution < 1.29 is 9.53 Å². The maximum Gasteiger partial charge on any atom is 0.333 e. The van der Waals surface area contributed by atoms with Gasteiger partial charge in [-0.3, -0.25) is 14.3 Å². The van der Waals surface area contributed by atoms with E-state index >= 15 is 0 Å². The highest BCUT2D eigenvalue weighted by atomic mass is 16.5. The molecule has 21 heavy (non-hydrogen) atoms. The lowest BCUT2D eigenvalue weighted by molar-refractivity contribution is -0.139. The second-order valence-corrected chi connectivity index (χ2v) is 5.06. The van der Waals surface area contributed by atoms with Crippen LogP contribution in [0.4, 0.5) is 0 Å². The highest BCUT2D eigenvalue weighted by Crippen LogP contribution is 2.03. The summed E-state index contributed by atoms with van der Waals surface area (Å²) in [6.45, 7) is 7.84. The van der Waals surface area contributed by atoms with Crippen LogP contribution in [0.3, 0.4) is 0 Å². The third-order valence-corrected chi connectivity index (χ3v) is 3.10. The molecule has 0 aromatic carbocycles. The molecule has 0 spiro atoms. The van der Waals surface area contributed by atoms with Crippen LogP contribution in [0.5, 0.6) is 0 Å². The standard InChI is InChI=1S/C15H22N2O4/c1-11(2)14(19)21-9-7-5-4-6-8-17-12(3)10-13(18)16-15(17)20/h10H,1,4-9H2,2-3H3,(H,16,18,20). The number of rotatable bonds is 8. The van der Waals surface area contributed by atoms with Gasteiger partial charge in [0.1, 0.15) is 0 Å². The number of aromatic amines is 1. The number of hydrogen-bond acceptors (Lipinski definition) is 4. The molecule has 0 radical (unpaired) electrons. The van der Waals surface area contributed by atoms with Crippen LogP contribution in [0.25, 0.3) is 0 Å². The second kappa shape index (κ2) is 8.24. The molecule has 0 fully saturated rings. The normalized spacial score (nSPS) is 10.4. The van der Waals surface area contributed by atoms with Crippen LogP contribution in [-0.2, 0) is 16.1 Å². The summed E-state index contributed by atoms with van der Waals surface area (Å²) in [5, 5.41) is 0. The Hall–Kier alpha value is -2.11. The fraction of sp³-hybridized carbons (Fsp3) is 0.533. The average molecular weight is 294 g/mol. The molecule has 1 N–H and O–H groups in total. The van der Waals surface area contributed by atoms with E-state index in [-0.39, 0.29) is 17.2 Å². The molecule has 116 valence electrons. The van der Waals surface area contributed by atoms with Crippen LogP contribution in [0.1, 0.15) is 38.3 Å². The number of nitrogens with zero attached hydrogens (tertiary/aromatic N) is 1. The first-order valence-corrected chi connectivity index (χ1v) is 7.05. The van der Waals surface area contributed by atoms with Crippen molar-refractivity contribution >= 4 is 5.97 Å². The highest BCUT2D eigenvalue weighted by Gasteiger charge is 2.03. The van der Waals surface area contributed by atoms with Gasteiger partial charge in [0.15, 0.2) is 0 Å². The van der Waals surface area contributed by atoms with Crippen LogP contribution in [0.15, 0.2) is 27.8 Å². The topological polar surface area (TPSA) is 81.2 Å². The van der Waals surface area contributed by atoms with E-state index in [9.17, 15) is 14.4 Å². The van der Waals surface area contributed by atoms with Crippen LogP contribution in [-0.4, -0.2) is 22.1 Å². The molecule has 6 nitrogen and oxygen atoms in total. The Morgan fingerprint density at radius 2 is 1.95 bits per heavy atom. The summed E-state index contributed by atoms with van der Waals surface area (Å²) in [7, 11) is 0. The fourth-order valence-corrected chi connectivity index (χ4v) is 1.93. The molecule has 6 heteroatoms. The molecule has 1 heterocycles. The zero-order valence-electron chi connectivity index (χ0n) is 12.6. The second-order valence-electron chi connectivity index (χ2n) is 5.06. The van der Waals surface area contributed by atoms with Crippen molar-refractivity contribution in [1.29, 1.82) is 0 Å². The van der Waals surface area contributed by atoms with E-state index in [0.29, 0.717) is 24.4 Å². The van der Waals surface area contributed by atoms with Gasteiger partial charge >= 0.3 is 11.7 Å². The summed E-state index contributed by atoms with van der Waals surface area (Å²) < 4.78 is 6.54. The molecule has 0 atom stereocenters. The fourth-order valence-electron chi connectivity index (χ4n) is 1.93. The SMILES string of the molecule is C=C(C)C(=O)OCCCCCCn1c(C)cc(=O)[nH]c1=O. The van der Waals surface area contributed by atoms with Gasteiger partial charge in [-0.2, -0.15) is 0 Å². The van der Waals surface area contributed by atoms with E-state index in [1.807, 2.05) is 0 Å². The number of H-pyrrole nitrogens is 1. The zero-order valence-corrected chi connectivity index (χ0v) is 12.6. The van der Waals surface area contributed by atoms with Crippen molar-refractivity contribution in [3.63, 3.8) is 0 Å². The minimum absolute atomic E-state index is 0.356. The van der Waals surface area contributed by atoms with Gasteiger partial charge in [0, 0.05) is 23.9 Å². The minimum Gasteiger partial charge on any atom is -0.462 e. The molecular formula is C15H22N2O4. The Labute approximate surface area is 123 Å². The molecule has 0 saturated carbocycles. The van der Waals surface area contributed by atoms with Crippen molar-refractivity contribution in [1.82, 2.24) is 9.55 Å². The van der Waals surface area contributed by atoms with Crippen LogP contribution in [0, 0.1) is 6.92 Å². The van der Waals surface area contributed by atoms with Crippen LogP contribution >= 0.6 is 0 Å². The number of esters is 1. The first kappa shape index (κ1) is 16.9. The maximum absolute atomic E-state index is 11.6. The number of unbranched alkanes of at least 4 members (excludes halogenated alkanes) is 3. The van der Waals surface area contributed by atoms with Crippen molar-refractivity contribution in [3.05, 3.63) is 44.8 Å². The predicted molar refractivity (Wildman–Crippen MR) is 80.3 cm³/mol. The molecule has 0 amide bonds. The number of carbonyl (C=O) groups excluding carboxylic acids is 1. The van der Waals surface area contributed by atoms with Gasteiger partial charge in [-0.25, -0.2) is 9.59 Å². The van der Waals surface area contributed by atoms with Crippen LogP contribution in [0.2, 0.25) is 0 Å². The summed E-state index contributed by atoms with van der Waals surface area (Å²) in [6, 6.07) is 1.42. The monoisotopic (exact) mass is 294 g/mol. The lowest BCUT2D eigenvalue weighted by Gasteiger charge is -2.08. The Morgan fingerprint density at radius 3 is 2.57 bits per heavy atom. The Balaban J connectivity index is 2.24. The van der Waals surface area contributed by atoms with E-state index in [2.05, 4.69) is 11.6 Å². The zero-order chi connectivity index (χ0) is 15.8. The van der Waals surface area contributed by atoms with E-state index in [1.165, 1.54) is 6.07 Å². The summed E-state index contributed by atoms with van der Waals surface area (Å²) in [5.41, 5.74) is 0.338. The van der Waals surface area contributed by atoms with Gasteiger partial charge in [-0.05, 0) is 33.1 Å². The molecule has 0 aliphatic heterocycles. The molecule has 1 rings (SSSR count). The molecule has 1 aromatic heterocycles. The molecular weight excluding hydrogens is 272 g/mol. The lowest BCUT2D eigenvalue weighted by Crippen LogP contribution is -2.31. The summed E-state index contributed by atoms with van der Waals surface area (Å²) in [4.78, 5) is 36.1. The van der Waals surface area contributed by atoms with E-state index in [1.54, 1.807) is 18.4 Å². The smallest absolute Gasteiger partial charge is 0.333 e. The van der Waals surface area contributed by atoms with Crippen molar-refractivity contribution in [2.45, 2.75) is 46.1 Å². The van der Waals surface area contributed by atoms with Gasteiger partial charge < -0.3 is 4.74 Å². The first-order chi connectivity index (χ1) is 9.91. The molecule has 0 aliphatic rings. The van der Waals surface area contributed by atoms with Gasteiger partial charge in [0.2, 0.25) is 0 Å². The number of ether oxygens (including phenoxy) is 1. The number of hydrogen-bond donors (Lipinski definition) is 1. The minimum atomic E-state index is -0.368. The van der Waals surface area contributed by atoms with Gasteiger partial charge in [-0.15, -0.1) is 0 Å². The summed E-state index contributed by atoms with van der Waals surface area (Å²) in [6.07, 6.45) is 3.47. The number of aromatic nitrogens is 2. The van der Waals surface area contributed by atoms with Crippen LogP contribution < -0.4 is 11.2 Å².